The summed E-state index contributed by atoms with van der Waals surface area (Å²) in [6, 6.07) is -0.345. The summed E-state index contributed by atoms with van der Waals surface area (Å²) in [5.41, 5.74) is 0. The molecule has 0 aromatic carbocycles. The summed E-state index contributed by atoms with van der Waals surface area (Å²) in [7, 11) is 0. The minimum atomic E-state index is -4.21. The maximum atomic E-state index is 11.9. The Morgan fingerprint density at radius 3 is 2.75 bits per heavy atom. The van der Waals surface area contributed by atoms with Crippen LogP contribution in [0.15, 0.2) is 0 Å². The largest absolute Gasteiger partial charge is 0.390 e. The molecule has 6 heteroatoms. The molecule has 0 aromatic rings. The van der Waals surface area contributed by atoms with E-state index in [1.54, 1.807) is 0 Å². The standard InChI is InChI=1S/C10H17F3N2O/c1-7-3-2-5-14-8(7)9(16)15-6-4-10(11,12)13/h7-8,14H,2-6H2,1H3,(H,15,16). The Bertz CT molecular complexity index is 243. The summed E-state index contributed by atoms with van der Waals surface area (Å²) >= 11 is 0. The molecule has 0 spiro atoms. The van der Waals surface area contributed by atoms with Crippen LogP contribution < -0.4 is 10.6 Å². The highest BCUT2D eigenvalue weighted by atomic mass is 19.4. The van der Waals surface area contributed by atoms with E-state index < -0.39 is 12.6 Å². The van der Waals surface area contributed by atoms with Crippen molar-refractivity contribution in [2.24, 2.45) is 5.92 Å². The van der Waals surface area contributed by atoms with Crippen molar-refractivity contribution in [2.75, 3.05) is 13.1 Å². The maximum Gasteiger partial charge on any atom is 0.390 e. The highest BCUT2D eigenvalue weighted by Crippen LogP contribution is 2.19. The highest BCUT2D eigenvalue weighted by Gasteiger charge is 2.29. The third-order valence-electron chi connectivity index (χ3n) is 2.76. The van der Waals surface area contributed by atoms with Crippen molar-refractivity contribution < 1.29 is 18.0 Å². The molecular formula is C10H17F3N2O. The van der Waals surface area contributed by atoms with Crippen molar-refractivity contribution >= 4 is 5.91 Å². The quantitative estimate of drug-likeness (QED) is 0.781. The smallest absolute Gasteiger partial charge is 0.354 e. The van der Waals surface area contributed by atoms with E-state index in [9.17, 15) is 18.0 Å². The van der Waals surface area contributed by atoms with Crippen molar-refractivity contribution in [3.8, 4) is 0 Å². The lowest BCUT2D eigenvalue weighted by molar-refractivity contribution is -0.136. The molecule has 0 bridgehead atoms. The van der Waals surface area contributed by atoms with E-state index in [4.69, 9.17) is 0 Å². The van der Waals surface area contributed by atoms with Crippen LogP contribution in [0.4, 0.5) is 13.2 Å². The number of halogens is 3. The SMILES string of the molecule is CC1CCCNC1C(=O)NCCC(F)(F)F. The fraction of sp³-hybridized carbons (Fsp3) is 0.900. The van der Waals surface area contributed by atoms with Crippen LogP contribution in [0.5, 0.6) is 0 Å². The van der Waals surface area contributed by atoms with Gasteiger partial charge in [0, 0.05) is 6.54 Å². The minimum Gasteiger partial charge on any atom is -0.354 e. The molecule has 3 nitrogen and oxygen atoms in total. The van der Waals surface area contributed by atoms with Crippen LogP contribution >= 0.6 is 0 Å². The predicted octanol–water partition coefficient (Wildman–Crippen LogP) is 1.44. The molecule has 1 fully saturated rings. The normalized spacial score (nSPS) is 26.5. The Hall–Kier alpha value is -0.780. The van der Waals surface area contributed by atoms with Crippen LogP contribution in [-0.4, -0.2) is 31.2 Å². The number of alkyl halides is 3. The van der Waals surface area contributed by atoms with Crippen molar-refractivity contribution in [2.45, 2.75) is 38.4 Å². The molecule has 1 amide bonds. The van der Waals surface area contributed by atoms with E-state index >= 15 is 0 Å². The molecule has 1 rings (SSSR count). The molecule has 94 valence electrons. The molecule has 0 radical (unpaired) electrons. The maximum absolute atomic E-state index is 11.9. The Balaban J connectivity index is 2.29. The monoisotopic (exact) mass is 238 g/mol. The lowest BCUT2D eigenvalue weighted by atomic mass is 9.92. The molecule has 2 unspecified atom stereocenters. The molecular weight excluding hydrogens is 221 g/mol. The van der Waals surface area contributed by atoms with E-state index in [-0.39, 0.29) is 24.4 Å². The third kappa shape index (κ3) is 4.38. The second-order valence-electron chi connectivity index (χ2n) is 4.21. The summed E-state index contributed by atoms with van der Waals surface area (Å²) in [6.07, 6.45) is -3.24. The van der Waals surface area contributed by atoms with Gasteiger partial charge in [-0.1, -0.05) is 6.92 Å². The van der Waals surface area contributed by atoms with Gasteiger partial charge in [0.25, 0.3) is 0 Å². The molecule has 0 aliphatic carbocycles. The lowest BCUT2D eigenvalue weighted by Crippen LogP contribution is -2.51. The van der Waals surface area contributed by atoms with Crippen molar-refractivity contribution in [1.82, 2.24) is 10.6 Å². The minimum absolute atomic E-state index is 0.180. The van der Waals surface area contributed by atoms with Gasteiger partial charge in [-0.2, -0.15) is 13.2 Å². The summed E-state index contributed by atoms with van der Waals surface area (Å²) in [5, 5.41) is 5.34. The zero-order chi connectivity index (χ0) is 12.2. The number of hydrogen-bond donors (Lipinski definition) is 2. The van der Waals surface area contributed by atoms with Gasteiger partial charge >= 0.3 is 6.18 Å². The van der Waals surface area contributed by atoms with Crippen LogP contribution in [0.2, 0.25) is 0 Å². The van der Waals surface area contributed by atoms with Gasteiger partial charge in [0.05, 0.1) is 12.5 Å². The van der Waals surface area contributed by atoms with Gasteiger partial charge in [-0.05, 0) is 25.3 Å². The van der Waals surface area contributed by atoms with Gasteiger partial charge in [-0.25, -0.2) is 0 Å². The van der Waals surface area contributed by atoms with Crippen LogP contribution in [0.3, 0.4) is 0 Å². The Kier molecular flexibility index (Phi) is 4.58. The molecule has 1 aliphatic rings. The molecule has 1 saturated heterocycles. The number of amides is 1. The van der Waals surface area contributed by atoms with Crippen LogP contribution in [0.25, 0.3) is 0 Å². The number of piperidine rings is 1. The third-order valence-corrected chi connectivity index (χ3v) is 2.76. The first-order valence-corrected chi connectivity index (χ1v) is 5.48. The van der Waals surface area contributed by atoms with E-state index in [1.807, 2.05) is 6.92 Å². The molecule has 1 aliphatic heterocycles. The fourth-order valence-corrected chi connectivity index (χ4v) is 1.84. The average Bonchev–Trinajstić information content (AvgIpc) is 2.16. The number of carbonyl (C=O) groups excluding carboxylic acids is 1. The van der Waals surface area contributed by atoms with Crippen LogP contribution in [-0.2, 0) is 4.79 Å². The molecule has 0 saturated carbocycles. The summed E-state index contributed by atoms with van der Waals surface area (Å²) in [6.45, 7) is 2.34. The van der Waals surface area contributed by atoms with Crippen molar-refractivity contribution in [1.29, 1.82) is 0 Å². The lowest BCUT2D eigenvalue weighted by Gasteiger charge is -2.28. The van der Waals surface area contributed by atoms with Gasteiger partial charge in [0.2, 0.25) is 5.91 Å². The summed E-state index contributed by atoms with van der Waals surface area (Å²) in [4.78, 5) is 11.6. The van der Waals surface area contributed by atoms with Gasteiger partial charge in [-0.3, -0.25) is 4.79 Å². The van der Waals surface area contributed by atoms with Gasteiger partial charge in [0.15, 0.2) is 0 Å². The zero-order valence-electron chi connectivity index (χ0n) is 9.23. The fourth-order valence-electron chi connectivity index (χ4n) is 1.84. The highest BCUT2D eigenvalue weighted by molar-refractivity contribution is 5.82. The molecule has 2 atom stereocenters. The molecule has 2 N–H and O–H groups in total. The van der Waals surface area contributed by atoms with E-state index in [1.165, 1.54) is 0 Å². The molecule has 0 aromatic heterocycles. The van der Waals surface area contributed by atoms with E-state index in [0.717, 1.165) is 19.4 Å². The van der Waals surface area contributed by atoms with E-state index in [0.29, 0.717) is 0 Å². The average molecular weight is 238 g/mol. The Labute approximate surface area is 92.8 Å². The number of carbonyl (C=O) groups is 1. The Morgan fingerprint density at radius 1 is 1.50 bits per heavy atom. The second kappa shape index (κ2) is 5.52. The van der Waals surface area contributed by atoms with Gasteiger partial charge in [0.1, 0.15) is 0 Å². The first-order chi connectivity index (χ1) is 7.40. The van der Waals surface area contributed by atoms with E-state index in [2.05, 4.69) is 10.6 Å². The van der Waals surface area contributed by atoms with Gasteiger partial charge < -0.3 is 10.6 Å². The van der Waals surface area contributed by atoms with Crippen molar-refractivity contribution in [3.05, 3.63) is 0 Å². The summed E-state index contributed by atoms with van der Waals surface area (Å²) in [5.74, 6) is -0.143. The topological polar surface area (TPSA) is 41.1 Å². The molecule has 1 heterocycles. The first kappa shape index (κ1) is 13.3. The van der Waals surface area contributed by atoms with Crippen LogP contribution in [0, 0.1) is 5.92 Å². The van der Waals surface area contributed by atoms with Gasteiger partial charge in [-0.15, -0.1) is 0 Å². The second-order valence-corrected chi connectivity index (χ2v) is 4.21. The number of nitrogens with one attached hydrogen (secondary N) is 2. The predicted molar refractivity (Wildman–Crippen MR) is 53.9 cm³/mol. The van der Waals surface area contributed by atoms with Crippen LogP contribution in [0.1, 0.15) is 26.2 Å². The van der Waals surface area contributed by atoms with Crippen molar-refractivity contribution in [3.63, 3.8) is 0 Å². The molecule has 16 heavy (non-hydrogen) atoms. The Morgan fingerprint density at radius 2 is 2.19 bits per heavy atom. The number of hydrogen-bond acceptors (Lipinski definition) is 2. The summed E-state index contributed by atoms with van der Waals surface area (Å²) < 4.78 is 35.6. The number of rotatable bonds is 3. The zero-order valence-corrected chi connectivity index (χ0v) is 9.23. The first-order valence-electron chi connectivity index (χ1n) is 5.48.